The van der Waals surface area contributed by atoms with Crippen molar-refractivity contribution in [1.82, 2.24) is 9.55 Å². The molecule has 78 valence electrons. The fourth-order valence-electron chi connectivity index (χ4n) is 2.29. The first-order chi connectivity index (χ1) is 7.25. The van der Waals surface area contributed by atoms with Gasteiger partial charge in [-0.3, -0.25) is 4.79 Å². The van der Waals surface area contributed by atoms with Crippen LogP contribution in [0, 0.1) is 0 Å². The number of imidazole rings is 1. The summed E-state index contributed by atoms with van der Waals surface area (Å²) in [6.45, 7) is 0.688. The Balaban J connectivity index is 0.000000963. The van der Waals surface area contributed by atoms with Crippen LogP contribution in [-0.4, -0.2) is 10.6 Å². The summed E-state index contributed by atoms with van der Waals surface area (Å²) in [5, 5.41) is 0. The molecule has 0 aliphatic carbocycles. The first-order valence-corrected chi connectivity index (χ1v) is 5.16. The first kappa shape index (κ1) is 12.5. The average Bonchev–Trinajstić information content (AvgIpc) is 2.40. The van der Waals surface area contributed by atoms with Crippen molar-refractivity contribution in [2.45, 2.75) is 25.4 Å². The Morgan fingerprint density at radius 2 is 2.25 bits per heavy atom. The van der Waals surface area contributed by atoms with Gasteiger partial charge < -0.3 is 15.3 Å². The second-order valence-corrected chi connectivity index (χ2v) is 4.08. The zero-order valence-corrected chi connectivity index (χ0v) is 12.4. The average molecular weight is 241 g/mol. The minimum absolute atomic E-state index is 0. The van der Waals surface area contributed by atoms with Crippen molar-refractivity contribution in [2.24, 2.45) is 5.73 Å². The molecule has 16 heavy (non-hydrogen) atoms. The molecule has 0 radical (unpaired) electrons. The fraction of sp³-hybridized carbons (Fsp3) is 0.364. The Morgan fingerprint density at radius 1 is 1.44 bits per heavy atom. The predicted octanol–water partition coefficient (Wildman–Crippen LogP) is -2.76. The number of hydrogen-bond acceptors (Lipinski definition) is 2. The molecule has 1 aliphatic heterocycles. The van der Waals surface area contributed by atoms with Crippen molar-refractivity contribution in [3.63, 3.8) is 0 Å². The van der Waals surface area contributed by atoms with Crippen molar-refractivity contribution in [2.75, 3.05) is 0 Å². The van der Waals surface area contributed by atoms with Gasteiger partial charge in [-0.15, -0.1) is 0 Å². The molecule has 0 fully saturated rings. The van der Waals surface area contributed by atoms with Crippen LogP contribution in [-0.2, 0) is 13.0 Å². The van der Waals surface area contributed by atoms with E-state index in [1.165, 1.54) is 0 Å². The summed E-state index contributed by atoms with van der Waals surface area (Å²) in [5.41, 5.74) is 8.74. The summed E-state index contributed by atoms with van der Waals surface area (Å²) < 4.78 is 1.75. The van der Waals surface area contributed by atoms with Crippen molar-refractivity contribution < 1.29 is 51.4 Å². The van der Waals surface area contributed by atoms with Gasteiger partial charge in [-0.1, -0.05) is 18.2 Å². The van der Waals surface area contributed by atoms with Gasteiger partial charge in [0.2, 0.25) is 0 Å². The number of benzene rings is 1. The second kappa shape index (κ2) is 4.76. The van der Waals surface area contributed by atoms with E-state index >= 15 is 0 Å². The standard InChI is InChI=1S/C11H13N3O.K/c12-8-4-5-14-10-7(6-8)2-1-3-9(10)13-11(14)15;/h1-3,8H,4-6,12H2,(H,13,15);/q;+1/p-1/t8-;/m1./s1. The second-order valence-electron chi connectivity index (χ2n) is 4.08. The molecule has 0 saturated heterocycles. The number of nitrogens with zero attached hydrogens (tertiary/aromatic N) is 2. The first-order valence-electron chi connectivity index (χ1n) is 5.16. The van der Waals surface area contributed by atoms with Gasteiger partial charge in [-0.05, 0) is 36.0 Å². The Labute approximate surface area is 136 Å². The molecule has 2 heterocycles. The molecular weight excluding hydrogens is 229 g/mol. The van der Waals surface area contributed by atoms with E-state index in [-0.39, 0.29) is 63.1 Å². The molecule has 1 aromatic carbocycles. The van der Waals surface area contributed by atoms with Crippen LogP contribution < -0.4 is 67.8 Å². The molecule has 1 aliphatic rings. The third kappa shape index (κ3) is 1.96. The van der Waals surface area contributed by atoms with Gasteiger partial charge in [0.25, 0.3) is 0 Å². The Kier molecular flexibility index (Phi) is 3.73. The number of para-hydroxylation sites is 1. The summed E-state index contributed by atoms with van der Waals surface area (Å²) >= 11 is 0. The van der Waals surface area contributed by atoms with E-state index in [4.69, 9.17) is 5.73 Å². The molecule has 3 rings (SSSR count). The zero-order valence-electron chi connectivity index (χ0n) is 9.31. The van der Waals surface area contributed by atoms with Crippen LogP contribution in [0.1, 0.15) is 12.0 Å². The van der Waals surface area contributed by atoms with Crippen molar-refractivity contribution >= 4 is 11.0 Å². The van der Waals surface area contributed by atoms with Crippen molar-refractivity contribution in [3.05, 3.63) is 34.2 Å². The minimum Gasteiger partial charge on any atom is -0.410 e. The summed E-state index contributed by atoms with van der Waals surface area (Å²) in [4.78, 5) is 15.6. The maximum atomic E-state index is 11.6. The molecule has 0 amide bonds. The third-order valence-electron chi connectivity index (χ3n) is 3.02. The maximum absolute atomic E-state index is 11.6. The van der Waals surface area contributed by atoms with Gasteiger partial charge in [0, 0.05) is 6.04 Å². The smallest absolute Gasteiger partial charge is 0.410 e. The van der Waals surface area contributed by atoms with Crippen LogP contribution in [0.5, 0.6) is 0 Å². The third-order valence-corrected chi connectivity index (χ3v) is 3.02. The number of hydrogen-bond donors (Lipinski definition) is 1. The molecule has 0 saturated carbocycles. The van der Waals surface area contributed by atoms with Crippen LogP contribution in [0.2, 0.25) is 0 Å². The van der Waals surface area contributed by atoms with Crippen LogP contribution in [0.25, 0.3) is 11.0 Å². The van der Waals surface area contributed by atoms with E-state index in [1.807, 2.05) is 18.2 Å². The topological polar surface area (TPSA) is 62.1 Å². The van der Waals surface area contributed by atoms with E-state index in [0.717, 1.165) is 29.4 Å². The van der Waals surface area contributed by atoms with Gasteiger partial charge in [0.05, 0.1) is 0 Å². The van der Waals surface area contributed by atoms with Crippen LogP contribution in [0.3, 0.4) is 0 Å². The zero-order chi connectivity index (χ0) is 10.4. The Morgan fingerprint density at radius 3 is 3.06 bits per heavy atom. The molecule has 0 unspecified atom stereocenters. The van der Waals surface area contributed by atoms with Gasteiger partial charge in [-0.2, -0.15) is 0 Å². The summed E-state index contributed by atoms with van der Waals surface area (Å²) in [6, 6.07) is 6.00. The number of aryl methyl sites for hydroxylation is 1. The van der Waals surface area contributed by atoms with Gasteiger partial charge in [0.1, 0.15) is 0 Å². The normalized spacial score (nSPS) is 19.2. The summed E-state index contributed by atoms with van der Waals surface area (Å²) in [7, 11) is 0. The minimum atomic E-state index is -0.147. The molecule has 2 aromatic rings. The van der Waals surface area contributed by atoms with E-state index in [1.54, 1.807) is 4.57 Å². The number of nitrogens with two attached hydrogens (primary N) is 1. The number of rotatable bonds is 0. The molecule has 1 atom stereocenters. The Bertz CT molecular complexity index is 572. The van der Waals surface area contributed by atoms with Gasteiger partial charge >= 0.3 is 51.4 Å². The summed E-state index contributed by atoms with van der Waals surface area (Å²) in [6.07, 6.45) is 1.68. The van der Waals surface area contributed by atoms with Crippen LogP contribution >= 0.6 is 0 Å². The molecule has 4 nitrogen and oxygen atoms in total. The van der Waals surface area contributed by atoms with Crippen molar-refractivity contribution in [3.8, 4) is 0 Å². The van der Waals surface area contributed by atoms with E-state index < -0.39 is 0 Å². The fourth-order valence-corrected chi connectivity index (χ4v) is 2.29. The predicted molar refractivity (Wildman–Crippen MR) is 57.8 cm³/mol. The molecule has 2 N–H and O–H groups in total. The van der Waals surface area contributed by atoms with Gasteiger partial charge in [-0.25, -0.2) is 0 Å². The monoisotopic (exact) mass is 241 g/mol. The summed E-state index contributed by atoms with van der Waals surface area (Å²) in [5.74, 6) is 0. The Hall–Kier alpha value is 0.0864. The molecule has 0 bridgehead atoms. The molecule has 0 spiro atoms. The van der Waals surface area contributed by atoms with E-state index in [0.29, 0.717) is 6.54 Å². The molecule has 5 heteroatoms. The SMILES string of the molecule is N[C@@H]1CCn2c(=O)[n-]c3cccc(c32)C1.[K+]. The van der Waals surface area contributed by atoms with E-state index in [2.05, 4.69) is 4.98 Å². The number of aromatic nitrogens is 2. The van der Waals surface area contributed by atoms with Crippen LogP contribution in [0.15, 0.2) is 23.0 Å². The maximum Gasteiger partial charge on any atom is 1.00 e. The molecular formula is C11H12KN3O. The van der Waals surface area contributed by atoms with Crippen LogP contribution in [0.4, 0.5) is 0 Å². The van der Waals surface area contributed by atoms with Crippen molar-refractivity contribution in [1.29, 1.82) is 0 Å². The largest absolute Gasteiger partial charge is 1.00 e. The van der Waals surface area contributed by atoms with E-state index in [9.17, 15) is 4.79 Å². The quantitative estimate of drug-likeness (QED) is 0.508. The molecule has 1 aromatic heterocycles. The van der Waals surface area contributed by atoms with Gasteiger partial charge in [0.15, 0.2) is 5.69 Å².